The Bertz CT molecular complexity index is 709. The van der Waals surface area contributed by atoms with Gasteiger partial charge in [0.1, 0.15) is 0 Å². The van der Waals surface area contributed by atoms with Crippen molar-refractivity contribution in [2.45, 2.75) is 5.33 Å². The number of rotatable bonds is 4. The van der Waals surface area contributed by atoms with Crippen molar-refractivity contribution in [3.63, 3.8) is 0 Å². The first kappa shape index (κ1) is 15.3. The van der Waals surface area contributed by atoms with Gasteiger partial charge in [-0.3, -0.25) is 10.1 Å². The Labute approximate surface area is 125 Å². The molecule has 21 heavy (non-hydrogen) atoms. The largest absolute Gasteiger partial charge is 0.451 e. The molecule has 0 amide bonds. The van der Waals surface area contributed by atoms with Gasteiger partial charge in [0.05, 0.1) is 11.0 Å². The second-order valence-electron chi connectivity index (χ2n) is 3.99. The van der Waals surface area contributed by atoms with E-state index in [9.17, 15) is 23.3 Å². The van der Waals surface area contributed by atoms with Gasteiger partial charge in [-0.15, -0.1) is 0 Å². The Morgan fingerprint density at radius 3 is 2.29 bits per heavy atom. The number of ether oxygens (including phenoxy) is 1. The summed E-state index contributed by atoms with van der Waals surface area (Å²) in [5.74, 6) is -4.14. The second kappa shape index (κ2) is 6.13. The summed E-state index contributed by atoms with van der Waals surface area (Å²) in [5, 5.41) is 10.9. The molecule has 0 bridgehead atoms. The molecule has 0 aliphatic rings. The molecule has 0 aliphatic carbocycles. The van der Waals surface area contributed by atoms with Gasteiger partial charge in [0.2, 0.25) is 5.82 Å². The van der Waals surface area contributed by atoms with E-state index in [1.807, 2.05) is 0 Å². The average molecular weight is 362 g/mol. The predicted octanol–water partition coefficient (Wildman–Crippen LogP) is 4.70. The maximum absolute atomic E-state index is 13.7. The molecule has 4 nitrogen and oxygen atoms in total. The number of alkyl halides is 1. The number of nitro groups is 1. The molecule has 0 saturated heterocycles. The molecular formula is C13H7BrF3NO3. The molecule has 0 spiro atoms. The van der Waals surface area contributed by atoms with E-state index in [1.54, 1.807) is 0 Å². The van der Waals surface area contributed by atoms with Crippen molar-refractivity contribution < 1.29 is 22.8 Å². The molecule has 0 N–H and O–H groups in total. The lowest BCUT2D eigenvalue weighted by molar-refractivity contribution is -0.387. The van der Waals surface area contributed by atoms with Gasteiger partial charge in [-0.1, -0.05) is 22.0 Å². The fourth-order valence-corrected chi connectivity index (χ4v) is 1.91. The normalized spacial score (nSPS) is 10.5. The number of hydrogen-bond acceptors (Lipinski definition) is 3. The van der Waals surface area contributed by atoms with E-state index < -0.39 is 33.8 Å². The lowest BCUT2D eigenvalue weighted by Crippen LogP contribution is -1.97. The standard InChI is InChI=1S/C13H7BrF3NO3/c14-6-7-1-2-12(9(16)3-7)21-13-5-8(15)11(18(19)20)4-10(13)17/h1-5H,6H2. The summed E-state index contributed by atoms with van der Waals surface area (Å²) in [5.41, 5.74) is -0.384. The molecule has 0 radical (unpaired) electrons. The molecule has 0 aliphatic heterocycles. The molecule has 8 heteroatoms. The molecule has 0 atom stereocenters. The van der Waals surface area contributed by atoms with Crippen LogP contribution in [0.5, 0.6) is 11.5 Å². The van der Waals surface area contributed by atoms with E-state index in [4.69, 9.17) is 4.74 Å². The van der Waals surface area contributed by atoms with Crippen molar-refractivity contribution in [3.05, 3.63) is 63.5 Å². The lowest BCUT2D eigenvalue weighted by Gasteiger charge is -2.08. The number of halogens is 4. The van der Waals surface area contributed by atoms with Crippen LogP contribution in [0.25, 0.3) is 0 Å². The first-order valence-corrected chi connectivity index (χ1v) is 6.70. The zero-order chi connectivity index (χ0) is 15.6. The summed E-state index contributed by atoms with van der Waals surface area (Å²) in [6.45, 7) is 0. The highest BCUT2D eigenvalue weighted by Gasteiger charge is 2.20. The van der Waals surface area contributed by atoms with E-state index in [-0.39, 0.29) is 5.75 Å². The van der Waals surface area contributed by atoms with Crippen LogP contribution in [0.2, 0.25) is 0 Å². The predicted molar refractivity (Wildman–Crippen MR) is 72.1 cm³/mol. The average Bonchev–Trinajstić information content (AvgIpc) is 2.44. The van der Waals surface area contributed by atoms with Crippen LogP contribution in [0, 0.1) is 27.6 Å². The van der Waals surface area contributed by atoms with Gasteiger partial charge in [0.15, 0.2) is 23.1 Å². The summed E-state index contributed by atoms with van der Waals surface area (Å²) in [7, 11) is 0. The van der Waals surface area contributed by atoms with Gasteiger partial charge in [-0.25, -0.2) is 8.78 Å². The molecule has 0 fully saturated rings. The molecule has 0 heterocycles. The summed E-state index contributed by atoms with van der Waals surface area (Å²) in [4.78, 5) is 9.40. The molecular weight excluding hydrogens is 355 g/mol. The SMILES string of the molecule is O=[N+]([O-])c1cc(F)c(Oc2ccc(CBr)cc2F)cc1F. The van der Waals surface area contributed by atoms with Gasteiger partial charge in [0.25, 0.3) is 0 Å². The smallest absolute Gasteiger partial charge is 0.307 e. The van der Waals surface area contributed by atoms with Crippen molar-refractivity contribution in [3.8, 4) is 11.5 Å². The minimum Gasteiger partial charge on any atom is -0.451 e. The maximum Gasteiger partial charge on any atom is 0.307 e. The van der Waals surface area contributed by atoms with Gasteiger partial charge in [0, 0.05) is 11.4 Å². The zero-order valence-electron chi connectivity index (χ0n) is 10.3. The Morgan fingerprint density at radius 1 is 1.05 bits per heavy atom. The van der Waals surface area contributed by atoms with Crippen LogP contribution in [0.15, 0.2) is 30.3 Å². The second-order valence-corrected chi connectivity index (χ2v) is 4.55. The van der Waals surface area contributed by atoms with E-state index in [1.165, 1.54) is 18.2 Å². The minimum atomic E-state index is -1.27. The third-order valence-electron chi connectivity index (χ3n) is 2.57. The quantitative estimate of drug-likeness (QED) is 0.450. The third-order valence-corrected chi connectivity index (χ3v) is 3.22. The highest BCUT2D eigenvalue weighted by atomic mass is 79.9. The number of hydrogen-bond donors (Lipinski definition) is 0. The minimum absolute atomic E-state index is 0.313. The monoisotopic (exact) mass is 361 g/mol. The third kappa shape index (κ3) is 3.33. The Balaban J connectivity index is 2.36. The van der Waals surface area contributed by atoms with E-state index in [0.717, 1.165) is 0 Å². The van der Waals surface area contributed by atoms with Crippen LogP contribution in [0.4, 0.5) is 18.9 Å². The van der Waals surface area contributed by atoms with Crippen molar-refractivity contribution in [2.24, 2.45) is 0 Å². The van der Waals surface area contributed by atoms with E-state index in [2.05, 4.69) is 15.9 Å². The van der Waals surface area contributed by atoms with Gasteiger partial charge >= 0.3 is 5.69 Å². The van der Waals surface area contributed by atoms with Crippen LogP contribution < -0.4 is 4.74 Å². The highest BCUT2D eigenvalue weighted by Crippen LogP contribution is 2.31. The first-order valence-electron chi connectivity index (χ1n) is 5.58. The lowest BCUT2D eigenvalue weighted by atomic mass is 10.2. The van der Waals surface area contributed by atoms with Gasteiger partial charge in [-0.05, 0) is 17.7 Å². The molecule has 2 aromatic carbocycles. The number of benzene rings is 2. The van der Waals surface area contributed by atoms with Crippen LogP contribution in [-0.4, -0.2) is 4.92 Å². The Hall–Kier alpha value is -2.09. The Kier molecular flexibility index (Phi) is 4.46. The number of nitrogens with zero attached hydrogens (tertiary/aromatic N) is 1. The molecule has 0 saturated carbocycles. The fourth-order valence-electron chi connectivity index (χ4n) is 1.56. The molecule has 0 unspecified atom stereocenters. The molecule has 2 aromatic rings. The van der Waals surface area contributed by atoms with Crippen molar-refractivity contribution in [1.82, 2.24) is 0 Å². The number of nitro benzene ring substituents is 1. The van der Waals surface area contributed by atoms with Crippen LogP contribution in [-0.2, 0) is 5.33 Å². The van der Waals surface area contributed by atoms with E-state index in [0.29, 0.717) is 23.0 Å². The topological polar surface area (TPSA) is 52.4 Å². The van der Waals surface area contributed by atoms with Gasteiger partial charge < -0.3 is 4.74 Å². The van der Waals surface area contributed by atoms with Crippen LogP contribution in [0.1, 0.15) is 5.56 Å². The van der Waals surface area contributed by atoms with Crippen molar-refractivity contribution >= 4 is 21.6 Å². The summed E-state index contributed by atoms with van der Waals surface area (Å²) >= 11 is 3.14. The van der Waals surface area contributed by atoms with Crippen molar-refractivity contribution in [2.75, 3.05) is 0 Å². The summed E-state index contributed by atoms with van der Waals surface area (Å²) in [6.07, 6.45) is 0. The zero-order valence-corrected chi connectivity index (χ0v) is 11.9. The maximum atomic E-state index is 13.7. The highest BCUT2D eigenvalue weighted by molar-refractivity contribution is 9.08. The molecule has 2 rings (SSSR count). The van der Waals surface area contributed by atoms with Crippen LogP contribution >= 0.6 is 15.9 Å². The summed E-state index contributed by atoms with van der Waals surface area (Å²) in [6, 6.07) is 4.85. The summed E-state index contributed by atoms with van der Waals surface area (Å²) < 4.78 is 45.7. The van der Waals surface area contributed by atoms with Crippen molar-refractivity contribution in [1.29, 1.82) is 0 Å². The van der Waals surface area contributed by atoms with Gasteiger partial charge in [-0.2, -0.15) is 4.39 Å². The van der Waals surface area contributed by atoms with E-state index >= 15 is 0 Å². The Morgan fingerprint density at radius 2 is 1.71 bits per heavy atom. The fraction of sp³-hybridized carbons (Fsp3) is 0.0769. The molecule has 0 aromatic heterocycles. The molecule has 110 valence electrons. The first-order chi connectivity index (χ1) is 9.92. The van der Waals surface area contributed by atoms with Crippen LogP contribution in [0.3, 0.4) is 0 Å².